The predicted octanol–water partition coefficient (Wildman–Crippen LogP) is 5.54. The standard InChI is InChI=1S/C32H40N2O4/c1-6-19-33-31(36)29(21-24-11-8-7-9-12-24)34(22-25-13-10-14-28(20-25)37-5)30(35)23-38-27-17-15-26(16-18-27)32(2,3)4/h7-18,20,29H,6,19,21-23H2,1-5H3,(H,33,36). The van der Waals surface area contributed by atoms with Crippen LogP contribution >= 0.6 is 0 Å². The number of carbonyl (C=O) groups is 2. The minimum Gasteiger partial charge on any atom is -0.497 e. The van der Waals surface area contributed by atoms with Crippen LogP contribution in [-0.4, -0.2) is 43.0 Å². The summed E-state index contributed by atoms with van der Waals surface area (Å²) in [6.45, 7) is 9.08. The van der Waals surface area contributed by atoms with Gasteiger partial charge in [0.25, 0.3) is 5.91 Å². The third-order valence-corrected chi connectivity index (χ3v) is 6.39. The first kappa shape index (κ1) is 28.8. The Kier molecular flexibility index (Phi) is 10.3. The van der Waals surface area contributed by atoms with Crippen molar-refractivity contribution < 1.29 is 19.1 Å². The molecule has 0 bridgehead atoms. The van der Waals surface area contributed by atoms with Crippen molar-refractivity contribution in [3.05, 3.63) is 95.6 Å². The predicted molar refractivity (Wildman–Crippen MR) is 151 cm³/mol. The highest BCUT2D eigenvalue weighted by molar-refractivity contribution is 5.88. The summed E-state index contributed by atoms with van der Waals surface area (Å²) in [4.78, 5) is 28.7. The number of rotatable bonds is 12. The molecule has 0 saturated carbocycles. The summed E-state index contributed by atoms with van der Waals surface area (Å²) in [6, 6.07) is 24.4. The van der Waals surface area contributed by atoms with Crippen molar-refractivity contribution in [2.24, 2.45) is 0 Å². The van der Waals surface area contributed by atoms with E-state index in [1.54, 1.807) is 12.0 Å². The van der Waals surface area contributed by atoms with Gasteiger partial charge in [0.15, 0.2) is 6.61 Å². The molecule has 1 N–H and O–H groups in total. The lowest BCUT2D eigenvalue weighted by molar-refractivity contribution is -0.142. The second-order valence-corrected chi connectivity index (χ2v) is 10.4. The van der Waals surface area contributed by atoms with Gasteiger partial charge in [-0.25, -0.2) is 0 Å². The van der Waals surface area contributed by atoms with Gasteiger partial charge in [-0.3, -0.25) is 9.59 Å². The van der Waals surface area contributed by atoms with Gasteiger partial charge in [0.1, 0.15) is 17.5 Å². The molecular weight excluding hydrogens is 476 g/mol. The topological polar surface area (TPSA) is 67.9 Å². The third-order valence-electron chi connectivity index (χ3n) is 6.39. The summed E-state index contributed by atoms with van der Waals surface area (Å²) in [5.41, 5.74) is 3.06. The Morgan fingerprint density at radius 1 is 0.895 bits per heavy atom. The number of carbonyl (C=O) groups excluding carboxylic acids is 2. The van der Waals surface area contributed by atoms with E-state index in [9.17, 15) is 9.59 Å². The molecule has 38 heavy (non-hydrogen) atoms. The van der Waals surface area contributed by atoms with Crippen molar-refractivity contribution in [2.75, 3.05) is 20.3 Å². The lowest BCUT2D eigenvalue weighted by Crippen LogP contribution is -2.51. The molecule has 3 rings (SSSR count). The minimum absolute atomic E-state index is 0.0262. The highest BCUT2D eigenvalue weighted by Gasteiger charge is 2.30. The number of hydrogen-bond donors (Lipinski definition) is 1. The summed E-state index contributed by atoms with van der Waals surface area (Å²) in [5.74, 6) is 0.865. The van der Waals surface area contributed by atoms with Crippen molar-refractivity contribution in [1.82, 2.24) is 10.2 Å². The van der Waals surface area contributed by atoms with E-state index in [4.69, 9.17) is 9.47 Å². The van der Waals surface area contributed by atoms with Crippen LogP contribution in [0.15, 0.2) is 78.9 Å². The molecule has 3 aromatic carbocycles. The van der Waals surface area contributed by atoms with Gasteiger partial charge in [-0.1, -0.05) is 82.3 Å². The first-order valence-corrected chi connectivity index (χ1v) is 13.2. The second kappa shape index (κ2) is 13.7. The molecule has 0 fully saturated rings. The zero-order valence-corrected chi connectivity index (χ0v) is 23.2. The van der Waals surface area contributed by atoms with Crippen molar-refractivity contribution in [1.29, 1.82) is 0 Å². The normalized spacial score (nSPS) is 11.9. The fraction of sp³-hybridized carbons (Fsp3) is 0.375. The van der Waals surface area contributed by atoms with Crippen molar-refractivity contribution in [2.45, 2.75) is 58.5 Å². The second-order valence-electron chi connectivity index (χ2n) is 10.4. The maximum atomic E-state index is 13.7. The number of methoxy groups -OCH3 is 1. The van der Waals surface area contributed by atoms with E-state index < -0.39 is 6.04 Å². The van der Waals surface area contributed by atoms with Crippen molar-refractivity contribution in [3.8, 4) is 11.5 Å². The number of hydrogen-bond acceptors (Lipinski definition) is 4. The SMILES string of the molecule is CCCNC(=O)C(Cc1ccccc1)N(Cc1cccc(OC)c1)C(=O)COc1ccc(C(C)(C)C)cc1. The van der Waals surface area contributed by atoms with E-state index >= 15 is 0 Å². The molecule has 0 spiro atoms. The molecule has 0 heterocycles. The Bertz CT molecular complexity index is 1170. The van der Waals surface area contributed by atoms with Gasteiger partial charge < -0.3 is 19.7 Å². The summed E-state index contributed by atoms with van der Waals surface area (Å²) in [5, 5.41) is 2.99. The lowest BCUT2D eigenvalue weighted by atomic mass is 9.87. The Morgan fingerprint density at radius 2 is 1.58 bits per heavy atom. The molecule has 0 saturated heterocycles. The molecule has 1 atom stereocenters. The van der Waals surface area contributed by atoms with Crippen LogP contribution in [0.1, 0.15) is 50.8 Å². The highest BCUT2D eigenvalue weighted by atomic mass is 16.5. The first-order chi connectivity index (χ1) is 18.2. The number of nitrogens with one attached hydrogen (secondary N) is 1. The van der Waals surface area contributed by atoms with Gasteiger partial charge in [0, 0.05) is 19.5 Å². The number of amides is 2. The number of ether oxygens (including phenoxy) is 2. The van der Waals surface area contributed by atoms with Gasteiger partial charge in [-0.15, -0.1) is 0 Å². The molecule has 2 amide bonds. The Labute approximate surface area is 227 Å². The fourth-order valence-electron chi connectivity index (χ4n) is 4.17. The van der Waals surface area contributed by atoms with E-state index in [0.29, 0.717) is 24.5 Å². The molecule has 0 aliphatic rings. The molecule has 0 aromatic heterocycles. The largest absolute Gasteiger partial charge is 0.497 e. The summed E-state index contributed by atoms with van der Waals surface area (Å²) in [6.07, 6.45) is 1.20. The van der Waals surface area contributed by atoms with Gasteiger partial charge in [0.2, 0.25) is 5.91 Å². The molecule has 3 aromatic rings. The number of benzene rings is 3. The van der Waals surface area contributed by atoms with Crippen LogP contribution in [0.4, 0.5) is 0 Å². The minimum atomic E-state index is -0.700. The summed E-state index contributed by atoms with van der Waals surface area (Å²) >= 11 is 0. The van der Waals surface area contributed by atoms with E-state index in [2.05, 4.69) is 26.1 Å². The molecule has 202 valence electrons. The Morgan fingerprint density at radius 3 is 2.21 bits per heavy atom. The van der Waals surface area contributed by atoms with Gasteiger partial charge in [0.05, 0.1) is 7.11 Å². The van der Waals surface area contributed by atoms with Gasteiger partial charge in [-0.2, -0.15) is 0 Å². The van der Waals surface area contributed by atoms with Crippen LogP contribution in [0, 0.1) is 0 Å². The molecule has 1 unspecified atom stereocenters. The maximum absolute atomic E-state index is 13.7. The number of nitrogens with zero attached hydrogens (tertiary/aromatic N) is 1. The maximum Gasteiger partial charge on any atom is 0.261 e. The van der Waals surface area contributed by atoms with E-state index in [0.717, 1.165) is 17.5 Å². The van der Waals surface area contributed by atoms with Gasteiger partial charge in [-0.05, 0) is 52.8 Å². The van der Waals surface area contributed by atoms with Crippen LogP contribution in [-0.2, 0) is 28.0 Å². The lowest BCUT2D eigenvalue weighted by Gasteiger charge is -2.31. The third kappa shape index (κ3) is 8.37. The molecule has 6 heteroatoms. The average molecular weight is 517 g/mol. The van der Waals surface area contributed by atoms with Crippen LogP contribution in [0.2, 0.25) is 0 Å². The zero-order valence-electron chi connectivity index (χ0n) is 23.2. The van der Waals surface area contributed by atoms with Crippen molar-refractivity contribution >= 4 is 11.8 Å². The van der Waals surface area contributed by atoms with E-state index in [-0.39, 0.29) is 30.4 Å². The average Bonchev–Trinajstić information content (AvgIpc) is 2.92. The molecule has 6 nitrogen and oxygen atoms in total. The van der Waals surface area contributed by atoms with Crippen molar-refractivity contribution in [3.63, 3.8) is 0 Å². The Balaban J connectivity index is 1.88. The summed E-state index contributed by atoms with van der Waals surface area (Å²) in [7, 11) is 1.61. The van der Waals surface area contributed by atoms with Crippen LogP contribution in [0.25, 0.3) is 0 Å². The smallest absolute Gasteiger partial charge is 0.261 e. The molecule has 0 radical (unpaired) electrons. The fourth-order valence-corrected chi connectivity index (χ4v) is 4.17. The quantitative estimate of drug-likeness (QED) is 0.343. The van der Waals surface area contributed by atoms with Crippen LogP contribution < -0.4 is 14.8 Å². The molecule has 0 aliphatic carbocycles. The van der Waals surface area contributed by atoms with E-state index in [1.807, 2.05) is 85.8 Å². The highest BCUT2D eigenvalue weighted by Crippen LogP contribution is 2.24. The van der Waals surface area contributed by atoms with Crippen LogP contribution in [0.5, 0.6) is 11.5 Å². The monoisotopic (exact) mass is 516 g/mol. The van der Waals surface area contributed by atoms with Gasteiger partial charge >= 0.3 is 0 Å². The van der Waals surface area contributed by atoms with E-state index in [1.165, 1.54) is 5.56 Å². The summed E-state index contributed by atoms with van der Waals surface area (Å²) < 4.78 is 11.3. The molecule has 0 aliphatic heterocycles. The van der Waals surface area contributed by atoms with Crippen LogP contribution in [0.3, 0.4) is 0 Å². The molecular formula is C32H40N2O4. The zero-order chi connectivity index (χ0) is 27.5. The first-order valence-electron chi connectivity index (χ1n) is 13.2. The Hall–Kier alpha value is -3.80.